The number of ketones is 2. The Hall–Kier alpha value is -5.12. The van der Waals surface area contributed by atoms with E-state index in [0.29, 0.717) is 11.1 Å². The second kappa shape index (κ2) is 13.7. The normalized spacial score (nSPS) is 48.8. The van der Waals surface area contributed by atoms with Crippen LogP contribution in [0.15, 0.2) is 47.6 Å². The van der Waals surface area contributed by atoms with Gasteiger partial charge in [-0.2, -0.15) is 0 Å². The summed E-state index contributed by atoms with van der Waals surface area (Å²) in [6.07, 6.45) is -6.83. The summed E-state index contributed by atoms with van der Waals surface area (Å²) in [6.45, 7) is 17.6. The zero-order valence-corrected chi connectivity index (χ0v) is 34.8. The molecule has 0 bridgehead atoms. The van der Waals surface area contributed by atoms with Gasteiger partial charge in [0.15, 0.2) is 23.4 Å². The first kappa shape index (κ1) is 42.2. The molecule has 0 spiro atoms. The van der Waals surface area contributed by atoms with Gasteiger partial charge in [0.25, 0.3) is 11.2 Å². The van der Waals surface area contributed by atoms with Crippen LogP contribution in [-0.2, 0) is 95.2 Å². The Labute approximate surface area is 353 Å². The summed E-state index contributed by atoms with van der Waals surface area (Å²) in [6, 6.07) is 0. The Morgan fingerprint density at radius 2 is 0.919 bits per heavy atom. The molecule has 2 aliphatic carbocycles. The number of Topliss-reactive ketones (excluding diaryl/α,β-unsaturated/α-hetero) is 2. The van der Waals surface area contributed by atoms with E-state index in [-0.39, 0.29) is 23.4 Å². The molecule has 10 rings (SSSR count). The van der Waals surface area contributed by atoms with Crippen molar-refractivity contribution < 1.29 is 95.2 Å². The number of hydrogen-bond donors (Lipinski definition) is 0. The van der Waals surface area contributed by atoms with E-state index in [9.17, 15) is 38.4 Å². The van der Waals surface area contributed by atoms with Gasteiger partial charge in [-0.25, -0.2) is 28.8 Å². The number of epoxide rings is 6. The van der Waals surface area contributed by atoms with E-state index < -0.39 is 143 Å². The highest BCUT2D eigenvalue weighted by molar-refractivity contribution is 6.15. The first-order chi connectivity index (χ1) is 29.1. The molecule has 8 heterocycles. The molecule has 18 atom stereocenters. The van der Waals surface area contributed by atoms with Crippen molar-refractivity contribution >= 4 is 47.4 Å². The van der Waals surface area contributed by atoms with Gasteiger partial charge >= 0.3 is 35.8 Å². The highest BCUT2D eigenvalue weighted by Gasteiger charge is 2.80. The van der Waals surface area contributed by atoms with E-state index in [4.69, 9.17) is 56.8 Å². The lowest BCUT2D eigenvalue weighted by molar-refractivity contribution is -0.160. The van der Waals surface area contributed by atoms with E-state index in [1.165, 1.54) is 0 Å². The quantitative estimate of drug-likeness (QED) is 0.0818. The predicted octanol–water partition coefficient (Wildman–Crippen LogP) is -0.439. The fraction of sp³-hybridized carbons (Fsp3) is 0.619. The molecule has 8 saturated heterocycles. The second-order valence-electron chi connectivity index (χ2n) is 17.4. The first-order valence-electron chi connectivity index (χ1n) is 20.0. The molecule has 62 heavy (non-hydrogen) atoms. The topological polar surface area (TPSA) is 267 Å². The van der Waals surface area contributed by atoms with Crippen LogP contribution in [0.25, 0.3) is 0 Å². The number of hydrogen-bond acceptors (Lipinski definition) is 20. The summed E-state index contributed by atoms with van der Waals surface area (Å²) in [5, 5.41) is 0. The van der Waals surface area contributed by atoms with Gasteiger partial charge in [-0.1, -0.05) is 13.2 Å². The predicted molar refractivity (Wildman–Crippen MR) is 197 cm³/mol. The monoisotopic (exact) mass is 868 g/mol. The largest absolute Gasteiger partial charge is 0.466 e. The molecule has 0 aromatic heterocycles. The third-order valence-electron chi connectivity index (χ3n) is 13.7. The molecule has 0 amide bonds. The van der Waals surface area contributed by atoms with E-state index >= 15 is 0 Å². The molecule has 8 fully saturated rings. The summed E-state index contributed by atoms with van der Waals surface area (Å²) in [7, 11) is 2.26. The number of methoxy groups -OCH3 is 2. The summed E-state index contributed by atoms with van der Waals surface area (Å²) in [5.74, 6) is -7.53. The zero-order chi connectivity index (χ0) is 44.9. The second-order valence-corrected chi connectivity index (χ2v) is 17.4. The Balaban J connectivity index is 0.000000158. The molecule has 0 aromatic carbocycles. The van der Waals surface area contributed by atoms with Gasteiger partial charge in [-0.05, 0) is 64.8 Å². The van der Waals surface area contributed by atoms with Crippen molar-refractivity contribution in [3.8, 4) is 0 Å². The molecule has 0 radical (unpaired) electrons. The smallest absolute Gasteiger partial charge is 0.349 e. The minimum atomic E-state index is -2.00. The van der Waals surface area contributed by atoms with Crippen molar-refractivity contribution in [3.05, 3.63) is 47.6 Å². The minimum Gasteiger partial charge on any atom is -0.466 e. The third-order valence-corrected chi connectivity index (χ3v) is 13.7. The fourth-order valence-corrected chi connectivity index (χ4v) is 9.09. The lowest BCUT2D eigenvalue weighted by atomic mass is 9.81. The molecule has 0 unspecified atom stereocenters. The summed E-state index contributed by atoms with van der Waals surface area (Å²) >= 11 is 0. The van der Waals surface area contributed by atoms with Gasteiger partial charge in [0.2, 0.25) is 11.6 Å². The number of esters is 6. The summed E-state index contributed by atoms with van der Waals surface area (Å²) in [4.78, 5) is 102. The Morgan fingerprint density at radius 1 is 0.581 bits per heavy atom. The molecule has 332 valence electrons. The fourth-order valence-electron chi connectivity index (χ4n) is 9.09. The van der Waals surface area contributed by atoms with E-state index in [0.717, 1.165) is 14.2 Å². The molecule has 0 N–H and O–H groups in total. The van der Waals surface area contributed by atoms with Crippen LogP contribution in [0.5, 0.6) is 0 Å². The number of ether oxygens (including phenoxy) is 12. The average molecular weight is 869 g/mol. The van der Waals surface area contributed by atoms with Gasteiger partial charge in [-0.3, -0.25) is 9.59 Å². The van der Waals surface area contributed by atoms with Crippen molar-refractivity contribution in [2.24, 2.45) is 11.8 Å². The van der Waals surface area contributed by atoms with Gasteiger partial charge in [0.05, 0.1) is 38.3 Å². The lowest BCUT2D eigenvalue weighted by Gasteiger charge is -2.27. The minimum absolute atomic E-state index is 0.0531. The molecule has 10 aliphatic rings. The van der Waals surface area contributed by atoms with Crippen LogP contribution in [-0.4, -0.2) is 157 Å². The highest BCUT2D eigenvalue weighted by Crippen LogP contribution is 2.54. The number of fused-ring (bicyclic) bond motifs is 6. The van der Waals surface area contributed by atoms with Crippen LogP contribution < -0.4 is 0 Å². The van der Waals surface area contributed by atoms with Gasteiger partial charge in [0.1, 0.15) is 48.8 Å². The van der Waals surface area contributed by atoms with Crippen LogP contribution in [0, 0.1) is 11.8 Å². The highest BCUT2D eigenvalue weighted by atomic mass is 16.7. The maximum absolute atomic E-state index is 13.2. The summed E-state index contributed by atoms with van der Waals surface area (Å²) in [5.41, 5.74) is -4.93. The van der Waals surface area contributed by atoms with Crippen LogP contribution in [0.3, 0.4) is 0 Å². The molecule has 20 nitrogen and oxygen atoms in total. The number of carbonyl (C=O) groups is 8. The van der Waals surface area contributed by atoms with Gasteiger partial charge in [-0.15, -0.1) is 0 Å². The Bertz CT molecular complexity index is 2090. The van der Waals surface area contributed by atoms with Crippen LogP contribution in [0.2, 0.25) is 0 Å². The standard InChI is InChI=1S/2C21H22O10/c2*1-7-6-10-11(8(2)17(23)27-10)13(29-18(24)20(4)9(3)30-20)16-21(31-16,19(25)26-5)15(22)14-12(7)28-14/h2*6,9-14,16H,2H2,1,3-5H3/b2*7-6+/t2*9-,10-,11+,12+,13+,14+,16-,20-,21-/m11/s1. The van der Waals surface area contributed by atoms with E-state index in [1.54, 1.807) is 53.7 Å². The van der Waals surface area contributed by atoms with E-state index in [1.807, 2.05) is 0 Å². The van der Waals surface area contributed by atoms with Gasteiger partial charge < -0.3 is 56.8 Å². The maximum Gasteiger partial charge on any atom is 0.349 e. The first-order valence-corrected chi connectivity index (χ1v) is 20.0. The van der Waals surface area contributed by atoms with Crippen LogP contribution in [0.4, 0.5) is 0 Å². The third kappa shape index (κ3) is 6.01. The molecule has 8 aliphatic heterocycles. The van der Waals surface area contributed by atoms with Crippen LogP contribution >= 0.6 is 0 Å². The molecule has 20 heteroatoms. The number of rotatable bonds is 6. The lowest BCUT2D eigenvalue weighted by Crippen LogP contribution is -2.48. The Morgan fingerprint density at radius 3 is 1.23 bits per heavy atom. The maximum atomic E-state index is 13.2. The molecular weight excluding hydrogens is 824 g/mol. The SMILES string of the molecule is C=C1C(=O)O[C@@H]2/C=C(\C)[C@@H]3O[C@@H]3C(=O)[C@@]3(C(=O)OC)O[C@@H]3[C@@H](OC(=O)[C@]3(C)O[C@@H]3C)[C@@H]12.C=C1C(=O)O[C@@H]2/C=C(\C)[C@@H]3O[C@@H]3C(=O)[C@@]3(C(=O)OC)O[C@@H]3[C@@H](OC(=O)[C@]3(C)O[C@@H]3C)[C@@H]12. The average Bonchev–Trinajstić information content (AvgIpc) is 3.99. The van der Waals surface area contributed by atoms with Crippen molar-refractivity contribution in [1.29, 1.82) is 0 Å². The Kier molecular flexibility index (Phi) is 9.32. The molecule has 0 aromatic rings. The van der Waals surface area contributed by atoms with Crippen molar-refractivity contribution in [2.45, 2.75) is 137 Å². The van der Waals surface area contributed by atoms with Crippen molar-refractivity contribution in [2.75, 3.05) is 14.2 Å². The zero-order valence-electron chi connectivity index (χ0n) is 34.8. The van der Waals surface area contributed by atoms with Crippen molar-refractivity contribution in [3.63, 3.8) is 0 Å². The number of carbonyl (C=O) groups excluding carboxylic acids is 8. The van der Waals surface area contributed by atoms with E-state index in [2.05, 4.69) is 13.2 Å². The molecule has 0 saturated carbocycles. The van der Waals surface area contributed by atoms with Crippen LogP contribution in [0.1, 0.15) is 41.5 Å². The van der Waals surface area contributed by atoms with Crippen molar-refractivity contribution in [1.82, 2.24) is 0 Å². The van der Waals surface area contributed by atoms with Gasteiger partial charge in [0, 0.05) is 11.1 Å². The molecular formula is C42H44O20. The summed E-state index contributed by atoms with van der Waals surface area (Å²) < 4.78 is 65.0.